The van der Waals surface area contributed by atoms with Crippen molar-refractivity contribution in [2.45, 2.75) is 19.4 Å². The van der Waals surface area contributed by atoms with Crippen LogP contribution in [0.4, 0.5) is 4.79 Å². The fourth-order valence-electron chi connectivity index (χ4n) is 2.34. The van der Waals surface area contributed by atoms with E-state index < -0.39 is 0 Å². The third-order valence-electron chi connectivity index (χ3n) is 3.56. The molecule has 23 heavy (non-hydrogen) atoms. The molecule has 2 amide bonds. The zero-order valence-corrected chi connectivity index (χ0v) is 12.9. The second-order valence-corrected chi connectivity index (χ2v) is 5.33. The lowest BCUT2D eigenvalue weighted by Gasteiger charge is -2.12. The number of H-pyrrole nitrogens is 1. The number of benzene rings is 1. The van der Waals surface area contributed by atoms with Gasteiger partial charge < -0.3 is 15.6 Å². The molecule has 2 aromatic heterocycles. The molecular weight excluding hydrogens is 290 g/mol. The molecule has 0 spiro atoms. The molecule has 3 aromatic rings. The largest absolute Gasteiger partial charge is 0.340 e. The first-order valence-electron chi connectivity index (χ1n) is 7.61. The third kappa shape index (κ3) is 3.85. The van der Waals surface area contributed by atoms with Crippen molar-refractivity contribution in [1.29, 1.82) is 0 Å². The number of nitrogens with zero attached hydrogens (tertiary/aromatic N) is 2. The Kier molecular flexibility index (Phi) is 4.52. The average molecular weight is 309 g/mol. The normalized spacial score (nSPS) is 12.0. The SMILES string of the molecule is CC(NC(=O)NCCc1ccccn1)c1nc2ccccc2[nH]1. The molecule has 0 bridgehead atoms. The first kappa shape index (κ1) is 15.0. The Morgan fingerprint density at radius 3 is 2.83 bits per heavy atom. The van der Waals surface area contributed by atoms with Crippen LogP contribution in [-0.2, 0) is 6.42 Å². The summed E-state index contributed by atoms with van der Waals surface area (Å²) in [4.78, 5) is 23.9. The second kappa shape index (κ2) is 6.91. The summed E-state index contributed by atoms with van der Waals surface area (Å²) in [6, 6.07) is 13.1. The van der Waals surface area contributed by atoms with Gasteiger partial charge in [-0.15, -0.1) is 0 Å². The number of nitrogens with one attached hydrogen (secondary N) is 3. The van der Waals surface area contributed by atoms with Gasteiger partial charge in [-0.25, -0.2) is 9.78 Å². The lowest BCUT2D eigenvalue weighted by molar-refractivity contribution is 0.237. The molecule has 3 rings (SSSR count). The Morgan fingerprint density at radius 2 is 2.04 bits per heavy atom. The van der Waals surface area contributed by atoms with Crippen molar-refractivity contribution in [3.8, 4) is 0 Å². The average Bonchev–Trinajstić information content (AvgIpc) is 3.00. The number of aromatic amines is 1. The number of pyridine rings is 1. The monoisotopic (exact) mass is 309 g/mol. The number of hydrogen-bond donors (Lipinski definition) is 3. The number of fused-ring (bicyclic) bond motifs is 1. The highest BCUT2D eigenvalue weighted by atomic mass is 16.2. The number of carbonyl (C=O) groups is 1. The number of para-hydroxylation sites is 2. The fourth-order valence-corrected chi connectivity index (χ4v) is 2.34. The Labute approximate surface area is 134 Å². The second-order valence-electron chi connectivity index (χ2n) is 5.33. The molecule has 0 saturated heterocycles. The van der Waals surface area contributed by atoms with Gasteiger partial charge in [0.15, 0.2) is 0 Å². The van der Waals surface area contributed by atoms with Gasteiger partial charge in [-0.2, -0.15) is 0 Å². The van der Waals surface area contributed by atoms with E-state index in [-0.39, 0.29) is 12.1 Å². The predicted molar refractivity (Wildman–Crippen MR) is 89.0 cm³/mol. The molecule has 0 aliphatic heterocycles. The minimum Gasteiger partial charge on any atom is -0.340 e. The Morgan fingerprint density at radius 1 is 1.22 bits per heavy atom. The van der Waals surface area contributed by atoms with Crippen molar-refractivity contribution in [2.24, 2.45) is 0 Å². The van der Waals surface area contributed by atoms with Crippen LogP contribution in [0.15, 0.2) is 48.7 Å². The van der Waals surface area contributed by atoms with E-state index in [1.165, 1.54) is 0 Å². The molecule has 3 N–H and O–H groups in total. The predicted octanol–water partition coefficient (Wildman–Crippen LogP) is 2.56. The van der Waals surface area contributed by atoms with Gasteiger partial charge in [0.25, 0.3) is 0 Å². The molecule has 0 saturated carbocycles. The summed E-state index contributed by atoms with van der Waals surface area (Å²) in [5, 5.41) is 5.71. The maximum absolute atomic E-state index is 11.9. The molecular formula is C17H19N5O. The van der Waals surface area contributed by atoms with Crippen LogP contribution < -0.4 is 10.6 Å². The minimum absolute atomic E-state index is 0.197. The lowest BCUT2D eigenvalue weighted by atomic mass is 10.3. The van der Waals surface area contributed by atoms with Gasteiger partial charge in [0.05, 0.1) is 17.1 Å². The number of urea groups is 1. The number of amides is 2. The van der Waals surface area contributed by atoms with E-state index in [2.05, 4.69) is 25.6 Å². The molecule has 2 heterocycles. The molecule has 6 heteroatoms. The van der Waals surface area contributed by atoms with Crippen LogP contribution in [0.2, 0.25) is 0 Å². The van der Waals surface area contributed by atoms with Crippen LogP contribution in [-0.4, -0.2) is 27.5 Å². The molecule has 1 unspecified atom stereocenters. The number of imidazole rings is 1. The first-order valence-corrected chi connectivity index (χ1v) is 7.61. The molecule has 0 fully saturated rings. The van der Waals surface area contributed by atoms with Crippen LogP contribution in [0, 0.1) is 0 Å². The van der Waals surface area contributed by atoms with Crippen molar-refractivity contribution >= 4 is 17.1 Å². The van der Waals surface area contributed by atoms with Crippen molar-refractivity contribution in [2.75, 3.05) is 6.54 Å². The molecule has 0 aliphatic carbocycles. The lowest BCUT2D eigenvalue weighted by Crippen LogP contribution is -2.38. The minimum atomic E-state index is -0.214. The summed E-state index contributed by atoms with van der Waals surface area (Å²) < 4.78 is 0. The highest BCUT2D eigenvalue weighted by Gasteiger charge is 2.13. The smallest absolute Gasteiger partial charge is 0.315 e. The molecule has 1 aromatic carbocycles. The van der Waals surface area contributed by atoms with Gasteiger partial charge in [0, 0.05) is 24.9 Å². The van der Waals surface area contributed by atoms with Crippen LogP contribution >= 0.6 is 0 Å². The van der Waals surface area contributed by atoms with E-state index in [1.54, 1.807) is 6.20 Å². The van der Waals surface area contributed by atoms with Crippen molar-refractivity contribution in [3.63, 3.8) is 0 Å². The zero-order chi connectivity index (χ0) is 16.1. The van der Waals surface area contributed by atoms with Crippen molar-refractivity contribution < 1.29 is 4.79 Å². The summed E-state index contributed by atoms with van der Waals surface area (Å²) in [5.41, 5.74) is 2.82. The summed E-state index contributed by atoms with van der Waals surface area (Å²) in [6.45, 7) is 2.44. The summed E-state index contributed by atoms with van der Waals surface area (Å²) in [6.07, 6.45) is 2.45. The van der Waals surface area contributed by atoms with E-state index in [1.807, 2.05) is 49.4 Å². The maximum atomic E-state index is 11.9. The summed E-state index contributed by atoms with van der Waals surface area (Å²) in [7, 11) is 0. The molecule has 118 valence electrons. The zero-order valence-electron chi connectivity index (χ0n) is 12.9. The van der Waals surface area contributed by atoms with E-state index in [0.29, 0.717) is 13.0 Å². The maximum Gasteiger partial charge on any atom is 0.315 e. The Balaban J connectivity index is 1.51. The number of hydrogen-bond acceptors (Lipinski definition) is 3. The summed E-state index contributed by atoms with van der Waals surface area (Å²) in [5.74, 6) is 0.742. The van der Waals surface area contributed by atoms with Crippen LogP contribution in [0.5, 0.6) is 0 Å². The van der Waals surface area contributed by atoms with Crippen LogP contribution in [0.1, 0.15) is 24.5 Å². The standard InChI is InChI=1S/C17H19N5O/c1-12(16-21-14-7-2-3-8-15(14)22-16)20-17(23)19-11-9-13-6-4-5-10-18-13/h2-8,10,12H,9,11H2,1H3,(H,21,22)(H2,19,20,23). The molecule has 6 nitrogen and oxygen atoms in total. The van der Waals surface area contributed by atoms with E-state index in [4.69, 9.17) is 0 Å². The van der Waals surface area contributed by atoms with Gasteiger partial charge in [0.2, 0.25) is 0 Å². The molecule has 0 radical (unpaired) electrons. The Bertz CT molecular complexity index is 751. The van der Waals surface area contributed by atoms with Gasteiger partial charge in [-0.1, -0.05) is 18.2 Å². The third-order valence-corrected chi connectivity index (χ3v) is 3.56. The Hall–Kier alpha value is -2.89. The first-order chi connectivity index (χ1) is 11.2. The number of carbonyl (C=O) groups excluding carboxylic acids is 1. The highest BCUT2D eigenvalue weighted by Crippen LogP contribution is 2.15. The fraction of sp³-hybridized carbons (Fsp3) is 0.235. The van der Waals surface area contributed by atoms with Gasteiger partial charge >= 0.3 is 6.03 Å². The van der Waals surface area contributed by atoms with Gasteiger partial charge in [-0.3, -0.25) is 4.98 Å². The number of rotatable bonds is 5. The van der Waals surface area contributed by atoms with Crippen molar-refractivity contribution in [3.05, 3.63) is 60.2 Å². The molecule has 1 atom stereocenters. The summed E-state index contributed by atoms with van der Waals surface area (Å²) >= 11 is 0. The number of aromatic nitrogens is 3. The van der Waals surface area contributed by atoms with Crippen LogP contribution in [0.3, 0.4) is 0 Å². The quantitative estimate of drug-likeness (QED) is 0.677. The topological polar surface area (TPSA) is 82.7 Å². The van der Waals surface area contributed by atoms with E-state index in [0.717, 1.165) is 22.6 Å². The van der Waals surface area contributed by atoms with Gasteiger partial charge in [0.1, 0.15) is 5.82 Å². The molecule has 0 aliphatic rings. The van der Waals surface area contributed by atoms with E-state index >= 15 is 0 Å². The van der Waals surface area contributed by atoms with Gasteiger partial charge in [-0.05, 0) is 31.2 Å². The van der Waals surface area contributed by atoms with E-state index in [9.17, 15) is 4.79 Å². The van der Waals surface area contributed by atoms with Crippen molar-refractivity contribution in [1.82, 2.24) is 25.6 Å². The highest BCUT2D eigenvalue weighted by molar-refractivity contribution is 5.76. The van der Waals surface area contributed by atoms with Crippen LogP contribution in [0.25, 0.3) is 11.0 Å².